The van der Waals surface area contributed by atoms with E-state index in [1.54, 1.807) is 0 Å². The Balaban J connectivity index is 1.78. The summed E-state index contributed by atoms with van der Waals surface area (Å²) in [7, 11) is -3.41. The molecule has 1 saturated heterocycles. The Morgan fingerprint density at radius 2 is 2.14 bits per heavy atom. The van der Waals surface area contributed by atoms with Crippen LogP contribution in [0.5, 0.6) is 0 Å². The highest BCUT2D eigenvalue weighted by molar-refractivity contribution is 8.06. The molecule has 0 aromatic carbocycles. The number of nitrogens with zero attached hydrogens (tertiary/aromatic N) is 2. The maximum Gasteiger partial charge on any atom is 0.249 e. The number of ether oxygens (including phenoxy) is 1. The number of nitrogens with two attached hydrogens (primary N) is 1. The molecule has 160 valence electrons. The molecule has 1 aromatic heterocycles. The van der Waals surface area contributed by atoms with Gasteiger partial charge in [0.15, 0.2) is 15.0 Å². The third-order valence-electron chi connectivity index (χ3n) is 5.00. The smallest absolute Gasteiger partial charge is 0.249 e. The fourth-order valence-electron chi connectivity index (χ4n) is 3.24. The molecule has 8 nitrogen and oxygen atoms in total. The molecule has 29 heavy (non-hydrogen) atoms. The van der Waals surface area contributed by atoms with Crippen LogP contribution in [-0.4, -0.2) is 42.6 Å². The third-order valence-corrected chi connectivity index (χ3v) is 7.90. The number of carbonyl (C=O) groups is 1. The van der Waals surface area contributed by atoms with Gasteiger partial charge in [0, 0.05) is 25.6 Å². The van der Waals surface area contributed by atoms with Crippen molar-refractivity contribution in [2.45, 2.75) is 48.3 Å². The molecule has 3 N–H and O–H groups in total. The molecule has 2 heterocycles. The lowest BCUT2D eigenvalue weighted by Crippen LogP contribution is -2.34. The maximum atomic E-state index is 13.3. The van der Waals surface area contributed by atoms with Crippen molar-refractivity contribution in [3.8, 4) is 0 Å². The van der Waals surface area contributed by atoms with E-state index in [2.05, 4.69) is 17.0 Å². The van der Waals surface area contributed by atoms with Gasteiger partial charge in [-0.15, -0.1) is 0 Å². The second-order valence-corrected chi connectivity index (χ2v) is 10.5. The average molecular weight is 445 g/mol. The summed E-state index contributed by atoms with van der Waals surface area (Å²) in [5.74, 6) is -0.203. The summed E-state index contributed by atoms with van der Waals surface area (Å²) in [6.45, 7) is 4.87. The van der Waals surface area contributed by atoms with Crippen LogP contribution in [0.1, 0.15) is 38.1 Å². The van der Waals surface area contributed by atoms with Gasteiger partial charge in [-0.25, -0.2) is 8.42 Å². The SMILES string of the molecule is C=C(NC(=O)C(CC1CCOCC1)n1cc(S(=O)(=O)C2CC2)cn1)S/C(F)=C\N. The lowest BCUT2D eigenvalue weighted by Gasteiger charge is -2.26. The Morgan fingerprint density at radius 1 is 1.45 bits per heavy atom. The molecule has 2 fully saturated rings. The van der Waals surface area contributed by atoms with E-state index >= 15 is 0 Å². The van der Waals surface area contributed by atoms with Gasteiger partial charge in [0.05, 0.1) is 16.5 Å². The number of amides is 1. The monoisotopic (exact) mass is 444 g/mol. The molecule has 0 spiro atoms. The van der Waals surface area contributed by atoms with Gasteiger partial charge in [-0.1, -0.05) is 6.58 Å². The number of hydrogen-bond acceptors (Lipinski definition) is 7. The Hall–Kier alpha value is -1.85. The van der Waals surface area contributed by atoms with Crippen LogP contribution in [0.3, 0.4) is 0 Å². The third kappa shape index (κ3) is 5.61. The van der Waals surface area contributed by atoms with E-state index in [1.165, 1.54) is 17.1 Å². The van der Waals surface area contributed by atoms with Crippen LogP contribution in [0.4, 0.5) is 4.39 Å². The van der Waals surface area contributed by atoms with Crippen molar-refractivity contribution in [2.24, 2.45) is 11.7 Å². The van der Waals surface area contributed by atoms with Gasteiger partial charge in [-0.3, -0.25) is 9.48 Å². The van der Waals surface area contributed by atoms with Gasteiger partial charge >= 0.3 is 0 Å². The molecule has 1 aliphatic carbocycles. The molecule has 1 unspecified atom stereocenters. The zero-order valence-corrected chi connectivity index (χ0v) is 17.6. The number of nitrogens with one attached hydrogen (secondary N) is 1. The van der Waals surface area contributed by atoms with Crippen LogP contribution in [0.2, 0.25) is 0 Å². The Kier molecular flexibility index (Phi) is 7.01. The van der Waals surface area contributed by atoms with Crippen molar-refractivity contribution in [3.05, 3.63) is 35.4 Å². The van der Waals surface area contributed by atoms with E-state index in [-0.39, 0.29) is 21.1 Å². The summed E-state index contributed by atoms with van der Waals surface area (Å²) in [4.78, 5) is 13.0. The largest absolute Gasteiger partial charge is 0.402 e. The van der Waals surface area contributed by atoms with Gasteiger partial charge in [0.25, 0.3) is 0 Å². The van der Waals surface area contributed by atoms with Gasteiger partial charge in [-0.05, 0) is 49.8 Å². The van der Waals surface area contributed by atoms with Crippen LogP contribution in [0.15, 0.2) is 40.3 Å². The predicted molar refractivity (Wildman–Crippen MR) is 108 cm³/mol. The van der Waals surface area contributed by atoms with Gasteiger partial charge in [0.2, 0.25) is 5.91 Å². The molecule has 0 bridgehead atoms. The molecule has 1 amide bonds. The van der Waals surface area contributed by atoms with E-state index in [9.17, 15) is 17.6 Å². The van der Waals surface area contributed by atoms with Crippen molar-refractivity contribution >= 4 is 27.5 Å². The van der Waals surface area contributed by atoms with E-state index in [0.717, 1.165) is 19.0 Å². The first-order chi connectivity index (χ1) is 13.8. The van der Waals surface area contributed by atoms with Crippen molar-refractivity contribution in [1.82, 2.24) is 15.1 Å². The van der Waals surface area contributed by atoms with Crippen molar-refractivity contribution in [1.29, 1.82) is 0 Å². The summed E-state index contributed by atoms with van der Waals surface area (Å²) in [6.07, 6.45) is 6.85. The van der Waals surface area contributed by atoms with Crippen molar-refractivity contribution in [3.63, 3.8) is 0 Å². The average Bonchev–Trinajstić information content (AvgIpc) is 3.44. The van der Waals surface area contributed by atoms with Gasteiger partial charge in [-0.2, -0.15) is 9.49 Å². The number of hydrogen-bond donors (Lipinski definition) is 2. The number of carbonyl (C=O) groups excluding carboxylic acids is 1. The first-order valence-corrected chi connectivity index (χ1v) is 11.8. The minimum atomic E-state index is -3.41. The van der Waals surface area contributed by atoms with Crippen LogP contribution >= 0.6 is 11.8 Å². The fraction of sp³-hybridized carbons (Fsp3) is 0.556. The summed E-state index contributed by atoms with van der Waals surface area (Å²) < 4.78 is 45.0. The van der Waals surface area contributed by atoms with Crippen LogP contribution in [0, 0.1) is 5.92 Å². The van der Waals surface area contributed by atoms with E-state index in [1.807, 2.05) is 0 Å². The molecule has 3 rings (SSSR count). The quantitative estimate of drug-likeness (QED) is 0.600. The summed E-state index contributed by atoms with van der Waals surface area (Å²) >= 11 is 0.606. The number of aromatic nitrogens is 2. The Labute approximate surface area is 173 Å². The first-order valence-electron chi connectivity index (χ1n) is 9.42. The molecule has 1 saturated carbocycles. The fourth-order valence-corrected chi connectivity index (χ4v) is 5.29. The zero-order valence-electron chi connectivity index (χ0n) is 15.9. The lowest BCUT2D eigenvalue weighted by molar-refractivity contribution is -0.124. The molecular formula is C18H25FN4O4S2. The molecule has 1 atom stereocenters. The summed E-state index contributed by atoms with van der Waals surface area (Å²) in [5, 5.41) is 5.78. The van der Waals surface area contributed by atoms with Crippen molar-refractivity contribution < 1.29 is 22.3 Å². The van der Waals surface area contributed by atoms with Crippen LogP contribution < -0.4 is 11.1 Å². The van der Waals surface area contributed by atoms with Crippen molar-refractivity contribution in [2.75, 3.05) is 13.2 Å². The topological polar surface area (TPSA) is 116 Å². The number of halogens is 1. The van der Waals surface area contributed by atoms with Crippen LogP contribution in [0.25, 0.3) is 0 Å². The number of rotatable bonds is 9. The van der Waals surface area contributed by atoms with E-state index < -0.39 is 26.9 Å². The Bertz CT molecular complexity index is 889. The maximum absolute atomic E-state index is 13.3. The predicted octanol–water partition coefficient (Wildman–Crippen LogP) is 2.22. The van der Waals surface area contributed by atoms with Gasteiger partial charge < -0.3 is 15.8 Å². The minimum Gasteiger partial charge on any atom is -0.402 e. The molecule has 1 aromatic rings. The Morgan fingerprint density at radius 3 is 2.76 bits per heavy atom. The summed E-state index contributed by atoms with van der Waals surface area (Å²) in [6, 6.07) is -0.747. The molecular weight excluding hydrogens is 419 g/mol. The van der Waals surface area contributed by atoms with Gasteiger partial charge in [0.1, 0.15) is 10.9 Å². The molecule has 0 radical (unpaired) electrons. The standard InChI is InChI=1S/C18H25FN4O4S2/c1-12(28-17(19)9-20)22-18(24)16(8-13-4-6-27-7-5-13)23-11-15(10-21-23)29(25,26)14-2-3-14/h9-11,13-14,16H,1-8,20H2,(H,22,24)/b17-9-. The minimum absolute atomic E-state index is 0.0872. The molecule has 2 aliphatic rings. The molecule has 11 heteroatoms. The summed E-state index contributed by atoms with van der Waals surface area (Å²) in [5.41, 5.74) is 5.10. The number of sulfone groups is 1. The van der Waals surface area contributed by atoms with Crippen LogP contribution in [-0.2, 0) is 19.4 Å². The lowest BCUT2D eigenvalue weighted by atomic mass is 9.92. The highest BCUT2D eigenvalue weighted by Gasteiger charge is 2.38. The molecule has 1 aliphatic heterocycles. The second-order valence-electron chi connectivity index (χ2n) is 7.19. The van der Waals surface area contributed by atoms with E-state index in [0.29, 0.717) is 44.2 Å². The normalized spacial score (nSPS) is 19.7. The van der Waals surface area contributed by atoms with E-state index in [4.69, 9.17) is 10.5 Å². The first kappa shape index (κ1) is 21.8. The highest BCUT2D eigenvalue weighted by Crippen LogP contribution is 2.34. The highest BCUT2D eigenvalue weighted by atomic mass is 32.2. The second kappa shape index (κ2) is 9.31. The number of thioether (sulfide) groups is 1. The zero-order chi connectivity index (χ0) is 21.0.